The van der Waals surface area contributed by atoms with Gasteiger partial charge in [-0.15, -0.1) is 0 Å². The highest BCUT2D eigenvalue weighted by atomic mass is 19.4. The van der Waals surface area contributed by atoms with Gasteiger partial charge in [0.1, 0.15) is 0 Å². The van der Waals surface area contributed by atoms with E-state index in [0.717, 1.165) is 17.7 Å². The second-order valence-corrected chi connectivity index (χ2v) is 5.36. The zero-order valence-electron chi connectivity index (χ0n) is 13.0. The lowest BCUT2D eigenvalue weighted by molar-refractivity contribution is -0.137. The summed E-state index contributed by atoms with van der Waals surface area (Å²) in [5, 5.41) is 2.62. The van der Waals surface area contributed by atoms with E-state index in [9.17, 15) is 18.0 Å². The van der Waals surface area contributed by atoms with Gasteiger partial charge in [-0.3, -0.25) is 4.79 Å². The molecular weight excluding hydrogens is 335 g/mol. The molecule has 1 N–H and O–H groups in total. The minimum atomic E-state index is -4.37. The molecule has 0 unspecified atom stereocenters. The molecular formula is C18H14F3NO3. The number of rotatable bonds is 4. The van der Waals surface area contributed by atoms with Crippen molar-refractivity contribution in [3.8, 4) is 11.5 Å². The first-order valence-corrected chi connectivity index (χ1v) is 7.43. The van der Waals surface area contributed by atoms with E-state index in [4.69, 9.17) is 9.47 Å². The number of hydrogen-bond donors (Lipinski definition) is 1. The summed E-state index contributed by atoms with van der Waals surface area (Å²) in [6, 6.07) is 9.94. The van der Waals surface area contributed by atoms with Crippen LogP contribution < -0.4 is 14.8 Å². The molecule has 130 valence electrons. The first-order chi connectivity index (χ1) is 11.9. The molecule has 0 aliphatic carbocycles. The van der Waals surface area contributed by atoms with Gasteiger partial charge in [0, 0.05) is 12.6 Å². The van der Waals surface area contributed by atoms with Gasteiger partial charge in [-0.1, -0.05) is 18.2 Å². The van der Waals surface area contributed by atoms with Crippen molar-refractivity contribution in [1.29, 1.82) is 0 Å². The van der Waals surface area contributed by atoms with E-state index in [0.29, 0.717) is 17.1 Å². The summed E-state index contributed by atoms with van der Waals surface area (Å²) in [6.07, 6.45) is -1.40. The molecule has 0 saturated heterocycles. The molecule has 2 aromatic rings. The summed E-state index contributed by atoms with van der Waals surface area (Å²) < 4.78 is 47.9. The van der Waals surface area contributed by atoms with Gasteiger partial charge in [0.15, 0.2) is 11.5 Å². The maximum atomic E-state index is 12.5. The normalized spacial score (nSPS) is 13.2. The number of alkyl halides is 3. The average Bonchev–Trinajstić information content (AvgIpc) is 3.05. The van der Waals surface area contributed by atoms with Crippen molar-refractivity contribution < 1.29 is 27.4 Å². The number of benzene rings is 2. The largest absolute Gasteiger partial charge is 0.454 e. The Morgan fingerprint density at radius 2 is 1.80 bits per heavy atom. The molecule has 1 amide bonds. The Kier molecular flexibility index (Phi) is 4.65. The Balaban J connectivity index is 1.54. The van der Waals surface area contributed by atoms with Gasteiger partial charge in [-0.2, -0.15) is 13.2 Å². The number of fused-ring (bicyclic) bond motifs is 1. The van der Waals surface area contributed by atoms with Crippen molar-refractivity contribution in [1.82, 2.24) is 5.32 Å². The van der Waals surface area contributed by atoms with Crippen molar-refractivity contribution >= 4 is 12.0 Å². The summed E-state index contributed by atoms with van der Waals surface area (Å²) in [5.74, 6) is 0.925. The van der Waals surface area contributed by atoms with E-state index in [1.54, 1.807) is 24.3 Å². The average molecular weight is 349 g/mol. The lowest BCUT2D eigenvalue weighted by Gasteiger charge is -2.07. The van der Waals surface area contributed by atoms with Crippen LogP contribution in [-0.2, 0) is 17.5 Å². The second-order valence-electron chi connectivity index (χ2n) is 5.36. The number of nitrogens with one attached hydrogen (secondary N) is 1. The number of ether oxygens (including phenoxy) is 2. The van der Waals surface area contributed by atoms with Crippen molar-refractivity contribution in [3.05, 3.63) is 65.2 Å². The van der Waals surface area contributed by atoms with Gasteiger partial charge in [0.2, 0.25) is 12.7 Å². The molecule has 1 aliphatic rings. The molecule has 1 heterocycles. The van der Waals surface area contributed by atoms with Gasteiger partial charge in [-0.05, 0) is 41.5 Å². The van der Waals surface area contributed by atoms with E-state index in [2.05, 4.69) is 5.32 Å². The predicted molar refractivity (Wildman–Crippen MR) is 84.9 cm³/mol. The minimum Gasteiger partial charge on any atom is -0.454 e. The van der Waals surface area contributed by atoms with Gasteiger partial charge >= 0.3 is 6.18 Å². The lowest BCUT2D eigenvalue weighted by atomic mass is 10.1. The van der Waals surface area contributed by atoms with E-state index >= 15 is 0 Å². The Hall–Kier alpha value is -2.96. The monoisotopic (exact) mass is 349 g/mol. The summed E-state index contributed by atoms with van der Waals surface area (Å²) in [6.45, 7) is 0.318. The van der Waals surface area contributed by atoms with Crippen LogP contribution in [0.4, 0.5) is 13.2 Å². The van der Waals surface area contributed by atoms with E-state index in [1.807, 2.05) is 0 Å². The molecule has 0 saturated carbocycles. The Morgan fingerprint density at radius 3 is 2.52 bits per heavy atom. The Morgan fingerprint density at radius 1 is 1.08 bits per heavy atom. The molecule has 0 aromatic heterocycles. The standard InChI is InChI=1S/C18H14F3NO3/c19-18(20,21)14-5-1-13(2-6-14)10-22-17(23)8-4-12-3-7-15-16(9-12)25-11-24-15/h1-9H,10-11H2,(H,22,23)/b8-4+. The Bertz CT molecular complexity index is 798. The first kappa shape index (κ1) is 16.9. The molecule has 3 rings (SSSR count). The summed E-state index contributed by atoms with van der Waals surface area (Å²) in [5.41, 5.74) is 0.636. The van der Waals surface area contributed by atoms with Crippen molar-refractivity contribution in [3.63, 3.8) is 0 Å². The maximum absolute atomic E-state index is 12.5. The molecule has 1 aliphatic heterocycles. The summed E-state index contributed by atoms with van der Waals surface area (Å²) >= 11 is 0. The highest BCUT2D eigenvalue weighted by Gasteiger charge is 2.29. The van der Waals surface area contributed by atoms with Crippen LogP contribution >= 0.6 is 0 Å². The molecule has 0 spiro atoms. The van der Waals surface area contributed by atoms with Crippen LogP contribution in [0.2, 0.25) is 0 Å². The van der Waals surface area contributed by atoms with Gasteiger partial charge in [0.25, 0.3) is 0 Å². The van der Waals surface area contributed by atoms with E-state index in [1.165, 1.54) is 18.2 Å². The Labute approximate surface area is 141 Å². The zero-order valence-corrected chi connectivity index (χ0v) is 13.0. The fraction of sp³-hybridized carbons (Fsp3) is 0.167. The van der Waals surface area contributed by atoms with Crippen LogP contribution in [-0.4, -0.2) is 12.7 Å². The maximum Gasteiger partial charge on any atom is 0.416 e. The quantitative estimate of drug-likeness (QED) is 0.855. The van der Waals surface area contributed by atoms with Crippen molar-refractivity contribution in [2.45, 2.75) is 12.7 Å². The molecule has 0 atom stereocenters. The van der Waals surface area contributed by atoms with Crippen LogP contribution in [0.5, 0.6) is 11.5 Å². The van der Waals surface area contributed by atoms with E-state index in [-0.39, 0.29) is 19.2 Å². The van der Waals surface area contributed by atoms with Crippen molar-refractivity contribution in [2.75, 3.05) is 6.79 Å². The van der Waals surface area contributed by atoms with E-state index < -0.39 is 11.7 Å². The van der Waals surface area contributed by atoms with Crippen LogP contribution in [0.15, 0.2) is 48.5 Å². The molecule has 0 radical (unpaired) electrons. The smallest absolute Gasteiger partial charge is 0.416 e. The highest BCUT2D eigenvalue weighted by Crippen LogP contribution is 2.32. The lowest BCUT2D eigenvalue weighted by Crippen LogP contribution is -2.20. The third-order valence-electron chi connectivity index (χ3n) is 3.57. The third-order valence-corrected chi connectivity index (χ3v) is 3.57. The molecule has 25 heavy (non-hydrogen) atoms. The number of carbonyl (C=O) groups is 1. The second kappa shape index (κ2) is 6.88. The van der Waals surface area contributed by atoms with Crippen molar-refractivity contribution in [2.24, 2.45) is 0 Å². The first-order valence-electron chi connectivity index (χ1n) is 7.43. The number of halogens is 3. The van der Waals surface area contributed by atoms with Gasteiger partial charge in [0.05, 0.1) is 5.56 Å². The van der Waals surface area contributed by atoms with Crippen LogP contribution in [0.1, 0.15) is 16.7 Å². The van der Waals surface area contributed by atoms with Crippen LogP contribution in [0.25, 0.3) is 6.08 Å². The SMILES string of the molecule is O=C(/C=C/c1ccc2c(c1)OCO2)NCc1ccc(C(F)(F)F)cc1. The predicted octanol–water partition coefficient (Wildman–Crippen LogP) is 3.76. The molecule has 4 nitrogen and oxygen atoms in total. The zero-order chi connectivity index (χ0) is 17.9. The highest BCUT2D eigenvalue weighted by molar-refractivity contribution is 5.91. The fourth-order valence-electron chi connectivity index (χ4n) is 2.25. The summed E-state index contributed by atoms with van der Waals surface area (Å²) in [7, 11) is 0. The molecule has 7 heteroatoms. The molecule has 0 bridgehead atoms. The summed E-state index contributed by atoms with van der Waals surface area (Å²) in [4.78, 5) is 11.8. The topological polar surface area (TPSA) is 47.6 Å². The number of carbonyl (C=O) groups excluding carboxylic acids is 1. The molecule has 2 aromatic carbocycles. The van der Waals surface area contributed by atoms with Crippen LogP contribution in [0, 0.1) is 0 Å². The van der Waals surface area contributed by atoms with Crippen LogP contribution in [0.3, 0.4) is 0 Å². The third kappa shape index (κ3) is 4.32. The number of amides is 1. The minimum absolute atomic E-state index is 0.141. The van der Waals surface area contributed by atoms with Gasteiger partial charge in [-0.25, -0.2) is 0 Å². The number of hydrogen-bond acceptors (Lipinski definition) is 3. The fourth-order valence-corrected chi connectivity index (χ4v) is 2.25. The molecule has 0 fully saturated rings. The van der Waals surface area contributed by atoms with Gasteiger partial charge < -0.3 is 14.8 Å².